The van der Waals surface area contributed by atoms with Crippen molar-refractivity contribution in [1.29, 1.82) is 0 Å². The zero-order chi connectivity index (χ0) is 13.3. The molecule has 0 atom stereocenters. The first-order valence-corrected chi connectivity index (χ1v) is 6.68. The van der Waals surface area contributed by atoms with Gasteiger partial charge in [0.15, 0.2) is 5.82 Å². The Labute approximate surface area is 112 Å². The second-order valence-electron chi connectivity index (χ2n) is 5.48. The number of nitrogens with zero attached hydrogens (tertiary/aromatic N) is 3. The molecule has 0 unspecified atom stereocenters. The number of pyridine rings is 1. The Balaban J connectivity index is 2.29. The molecule has 4 nitrogen and oxygen atoms in total. The number of aromatic nitrogens is 3. The maximum Gasteiger partial charge on any atom is 0.203 e. The third kappa shape index (κ3) is 3.04. The van der Waals surface area contributed by atoms with Crippen LogP contribution in [0.1, 0.15) is 31.9 Å². The van der Waals surface area contributed by atoms with Gasteiger partial charge in [-0.15, -0.1) is 0 Å². The Morgan fingerprint density at radius 3 is 2.56 bits per heavy atom. The van der Waals surface area contributed by atoms with E-state index in [4.69, 9.17) is 0 Å². The van der Waals surface area contributed by atoms with Crippen molar-refractivity contribution in [3.63, 3.8) is 0 Å². The van der Waals surface area contributed by atoms with Gasteiger partial charge in [0.25, 0.3) is 0 Å². The monoisotopic (exact) mass is 262 g/mol. The quantitative estimate of drug-likeness (QED) is 0.901. The first-order valence-electron chi connectivity index (χ1n) is 5.91. The molecule has 0 fully saturated rings. The molecule has 0 saturated heterocycles. The van der Waals surface area contributed by atoms with Gasteiger partial charge >= 0.3 is 0 Å². The topological polar surface area (TPSA) is 50.7 Å². The minimum Gasteiger partial charge on any atom is -0.356 e. The fourth-order valence-corrected chi connectivity index (χ4v) is 2.42. The Bertz CT molecular complexity index is 554. The second kappa shape index (κ2) is 4.65. The maximum atomic E-state index is 4.49. The third-order valence-electron chi connectivity index (χ3n) is 2.33. The van der Waals surface area contributed by atoms with Gasteiger partial charge in [-0.2, -0.15) is 9.36 Å². The molecule has 0 aliphatic heterocycles. The summed E-state index contributed by atoms with van der Waals surface area (Å²) in [6.07, 6.45) is 1.85. The lowest BCUT2D eigenvalue weighted by Gasteiger charge is -2.18. The van der Waals surface area contributed by atoms with E-state index in [0.717, 1.165) is 22.0 Å². The third-order valence-corrected chi connectivity index (χ3v) is 2.97. The van der Waals surface area contributed by atoms with E-state index < -0.39 is 0 Å². The van der Waals surface area contributed by atoms with Gasteiger partial charge in [-0.25, -0.2) is 0 Å². The van der Waals surface area contributed by atoms with Crippen LogP contribution in [0.4, 0.5) is 5.13 Å². The fraction of sp³-hybridized carbons (Fsp3) is 0.462. The molecule has 0 saturated carbocycles. The molecule has 0 radical (unpaired) electrons. The molecule has 0 amide bonds. The molecule has 2 aromatic rings. The van der Waals surface area contributed by atoms with Gasteiger partial charge < -0.3 is 5.32 Å². The Hall–Kier alpha value is -1.49. The summed E-state index contributed by atoms with van der Waals surface area (Å²) in [7, 11) is 0. The van der Waals surface area contributed by atoms with E-state index >= 15 is 0 Å². The van der Waals surface area contributed by atoms with E-state index in [9.17, 15) is 0 Å². The highest BCUT2D eigenvalue weighted by Crippen LogP contribution is 2.24. The second-order valence-corrected chi connectivity index (χ2v) is 6.23. The Morgan fingerprint density at radius 2 is 1.94 bits per heavy atom. The minimum atomic E-state index is -0.00739. The number of hydrogen-bond donors (Lipinski definition) is 1. The first kappa shape index (κ1) is 13.0. The molecule has 0 spiro atoms. The zero-order valence-electron chi connectivity index (χ0n) is 11.4. The van der Waals surface area contributed by atoms with Gasteiger partial charge in [0.2, 0.25) is 5.13 Å². The fourth-order valence-electron chi connectivity index (χ4n) is 1.64. The van der Waals surface area contributed by atoms with Crippen LogP contribution in [0.3, 0.4) is 0 Å². The molecule has 2 rings (SSSR count). The molecule has 5 heteroatoms. The highest BCUT2D eigenvalue weighted by atomic mass is 32.1. The summed E-state index contributed by atoms with van der Waals surface area (Å²) in [6.45, 7) is 10.4. The molecule has 18 heavy (non-hydrogen) atoms. The van der Waals surface area contributed by atoms with Crippen LogP contribution >= 0.6 is 11.5 Å². The summed E-state index contributed by atoms with van der Waals surface area (Å²) >= 11 is 1.37. The lowest BCUT2D eigenvalue weighted by molar-refractivity contribution is 0.633. The normalized spacial score (nSPS) is 11.6. The van der Waals surface area contributed by atoms with Crippen molar-refractivity contribution in [3.8, 4) is 11.5 Å². The summed E-state index contributed by atoms with van der Waals surface area (Å²) in [4.78, 5) is 8.90. The SMILES string of the molecule is Cc1cnc(-c2nsc(NC(C)(C)C)n2)c(C)c1. The van der Waals surface area contributed by atoms with Crippen molar-refractivity contribution in [3.05, 3.63) is 23.4 Å². The molecular formula is C13H18N4S. The van der Waals surface area contributed by atoms with Gasteiger partial charge in [0.1, 0.15) is 5.69 Å². The molecule has 2 heterocycles. The Kier molecular flexibility index (Phi) is 3.34. The number of aryl methyl sites for hydroxylation is 2. The van der Waals surface area contributed by atoms with E-state index in [1.54, 1.807) is 0 Å². The van der Waals surface area contributed by atoms with E-state index in [0.29, 0.717) is 5.82 Å². The predicted molar refractivity (Wildman–Crippen MR) is 76.0 cm³/mol. The standard InChI is InChI=1S/C13H18N4S/c1-8-6-9(2)10(14-7-8)11-15-12(18-17-11)16-13(3,4)5/h6-7H,1-5H3,(H,15,16,17). The van der Waals surface area contributed by atoms with Crippen molar-refractivity contribution in [2.24, 2.45) is 0 Å². The molecule has 96 valence electrons. The van der Waals surface area contributed by atoms with E-state index in [-0.39, 0.29) is 5.54 Å². The van der Waals surface area contributed by atoms with Gasteiger partial charge in [0.05, 0.1) is 0 Å². The molecule has 2 aromatic heterocycles. The van der Waals surface area contributed by atoms with Crippen LogP contribution in [-0.4, -0.2) is 19.9 Å². The van der Waals surface area contributed by atoms with Crippen molar-refractivity contribution in [2.75, 3.05) is 5.32 Å². The first-order chi connectivity index (χ1) is 8.35. The van der Waals surface area contributed by atoms with Gasteiger partial charge in [-0.1, -0.05) is 6.07 Å². The maximum absolute atomic E-state index is 4.49. The summed E-state index contributed by atoms with van der Waals surface area (Å²) in [5.74, 6) is 0.698. The van der Waals surface area contributed by atoms with Crippen LogP contribution < -0.4 is 5.32 Å². The highest BCUT2D eigenvalue weighted by molar-refractivity contribution is 7.09. The van der Waals surface area contributed by atoms with Gasteiger partial charge in [0, 0.05) is 23.3 Å². The van der Waals surface area contributed by atoms with E-state index in [2.05, 4.69) is 46.5 Å². The molecule has 1 N–H and O–H groups in total. The van der Waals surface area contributed by atoms with Gasteiger partial charge in [-0.3, -0.25) is 4.98 Å². The summed E-state index contributed by atoms with van der Waals surface area (Å²) in [6, 6.07) is 2.10. The lowest BCUT2D eigenvalue weighted by Crippen LogP contribution is -2.25. The number of nitrogens with one attached hydrogen (secondary N) is 1. The molecule has 0 aromatic carbocycles. The van der Waals surface area contributed by atoms with Crippen molar-refractivity contribution in [2.45, 2.75) is 40.2 Å². The van der Waals surface area contributed by atoms with Crippen LogP contribution in [0.15, 0.2) is 12.3 Å². The van der Waals surface area contributed by atoms with Crippen molar-refractivity contribution < 1.29 is 0 Å². The van der Waals surface area contributed by atoms with Crippen LogP contribution in [-0.2, 0) is 0 Å². The van der Waals surface area contributed by atoms with Crippen LogP contribution in [0.5, 0.6) is 0 Å². The smallest absolute Gasteiger partial charge is 0.203 e. The minimum absolute atomic E-state index is 0.00739. The van der Waals surface area contributed by atoms with E-state index in [1.165, 1.54) is 11.5 Å². The predicted octanol–water partition coefficient (Wildman–Crippen LogP) is 3.43. The lowest BCUT2D eigenvalue weighted by atomic mass is 10.1. The largest absolute Gasteiger partial charge is 0.356 e. The Morgan fingerprint density at radius 1 is 1.22 bits per heavy atom. The summed E-state index contributed by atoms with van der Waals surface area (Å²) in [5, 5.41) is 4.15. The number of rotatable bonds is 2. The van der Waals surface area contributed by atoms with Crippen molar-refractivity contribution >= 4 is 16.7 Å². The van der Waals surface area contributed by atoms with Crippen LogP contribution in [0.25, 0.3) is 11.5 Å². The van der Waals surface area contributed by atoms with E-state index in [1.807, 2.05) is 20.0 Å². The summed E-state index contributed by atoms with van der Waals surface area (Å²) in [5.41, 5.74) is 3.11. The molecular weight excluding hydrogens is 244 g/mol. The van der Waals surface area contributed by atoms with Gasteiger partial charge in [-0.05, 0) is 45.7 Å². The molecule has 0 bridgehead atoms. The van der Waals surface area contributed by atoms with Crippen LogP contribution in [0, 0.1) is 13.8 Å². The zero-order valence-corrected chi connectivity index (χ0v) is 12.2. The molecule has 0 aliphatic rings. The summed E-state index contributed by atoms with van der Waals surface area (Å²) < 4.78 is 4.37. The van der Waals surface area contributed by atoms with Crippen LogP contribution in [0.2, 0.25) is 0 Å². The molecule has 0 aliphatic carbocycles. The highest BCUT2D eigenvalue weighted by Gasteiger charge is 2.15. The number of anilines is 1. The van der Waals surface area contributed by atoms with Crippen molar-refractivity contribution in [1.82, 2.24) is 14.3 Å². The average molecular weight is 262 g/mol. The average Bonchev–Trinajstić information content (AvgIpc) is 2.63. The number of hydrogen-bond acceptors (Lipinski definition) is 5.